The smallest absolute Gasteiger partial charge is 0.394 e. The Kier molecular flexibility index (Phi) is 10.4. The molecule has 0 aromatic rings. The van der Waals surface area contributed by atoms with Crippen molar-refractivity contribution in [1.29, 1.82) is 0 Å². The summed E-state index contributed by atoms with van der Waals surface area (Å²) in [6.45, 7) is -7.55. The molecule has 0 heterocycles. The van der Waals surface area contributed by atoms with Gasteiger partial charge in [0.25, 0.3) is 10.0 Å². The quantitative estimate of drug-likeness (QED) is 0.215. The van der Waals surface area contributed by atoms with E-state index in [0.29, 0.717) is 0 Å². The van der Waals surface area contributed by atoms with Crippen molar-refractivity contribution in [3.63, 3.8) is 0 Å². The van der Waals surface area contributed by atoms with Crippen molar-refractivity contribution in [2.75, 3.05) is 26.3 Å². The SMILES string of the molecule is O=S(=O)(N(CC(O)CO)CC(O)CO)C(F)(F)C(F)(F)C(F)(F)C(F)(F)C(F)(F)C(F)(F)C(F)(F)C(F)(F)F. The Bertz CT molecular complexity index is 942. The van der Waals surface area contributed by atoms with E-state index in [1.807, 2.05) is 0 Å². The number of hydrogen-bond donors (Lipinski definition) is 4. The number of sulfonamides is 1. The van der Waals surface area contributed by atoms with Gasteiger partial charge in [-0.2, -0.15) is 78.9 Å². The molecule has 0 fully saturated rings. The summed E-state index contributed by atoms with van der Waals surface area (Å²) in [5.41, 5.74) is 0. The summed E-state index contributed by atoms with van der Waals surface area (Å²) in [5, 5.41) is 27.5. The van der Waals surface area contributed by atoms with Crippen LogP contribution in [0.2, 0.25) is 0 Å². The van der Waals surface area contributed by atoms with Crippen LogP contribution in [0.3, 0.4) is 0 Å². The summed E-state index contributed by atoms with van der Waals surface area (Å²) in [5.74, 6) is -52.6. The number of rotatable bonds is 14. The first-order valence-corrected chi connectivity index (χ1v) is 10.5. The van der Waals surface area contributed by atoms with Gasteiger partial charge < -0.3 is 20.4 Å². The van der Waals surface area contributed by atoms with Crippen LogP contribution in [0.1, 0.15) is 0 Å². The van der Waals surface area contributed by atoms with Crippen LogP contribution < -0.4 is 0 Å². The van der Waals surface area contributed by atoms with Crippen molar-refractivity contribution >= 4 is 10.0 Å². The van der Waals surface area contributed by atoms with E-state index in [9.17, 15) is 83.1 Å². The van der Waals surface area contributed by atoms with Crippen LogP contribution >= 0.6 is 0 Å². The van der Waals surface area contributed by atoms with Crippen molar-refractivity contribution in [2.24, 2.45) is 0 Å². The summed E-state index contributed by atoms with van der Waals surface area (Å²) >= 11 is 0. The Labute approximate surface area is 204 Å². The predicted molar refractivity (Wildman–Crippen MR) is 87.4 cm³/mol. The Balaban J connectivity index is 7.11. The number of aliphatic hydroxyl groups is 4. The maximum absolute atomic E-state index is 14.2. The normalized spacial score (nSPS) is 17.5. The maximum atomic E-state index is 14.2. The molecule has 0 rings (SSSR count). The summed E-state index contributed by atoms with van der Waals surface area (Å²) in [4.78, 5) is 0. The summed E-state index contributed by atoms with van der Waals surface area (Å²) in [6.07, 6.45) is -13.2. The molecule has 2 atom stereocenters. The lowest BCUT2D eigenvalue weighted by Gasteiger charge is -2.43. The first-order valence-electron chi connectivity index (χ1n) is 9.10. The van der Waals surface area contributed by atoms with E-state index in [1.54, 1.807) is 0 Å². The third kappa shape index (κ3) is 5.57. The molecule has 0 bridgehead atoms. The Morgan fingerprint density at radius 3 is 1.03 bits per heavy atom. The molecule has 0 spiro atoms. The predicted octanol–water partition coefficient (Wildman–Crippen LogP) is 2.29. The van der Waals surface area contributed by atoms with Crippen molar-refractivity contribution in [3.8, 4) is 0 Å². The van der Waals surface area contributed by atoms with E-state index in [2.05, 4.69) is 0 Å². The number of hydrogen-bond acceptors (Lipinski definition) is 6. The molecule has 236 valence electrons. The third-order valence-corrected chi connectivity index (χ3v) is 6.49. The van der Waals surface area contributed by atoms with Gasteiger partial charge in [-0.15, -0.1) is 0 Å². The zero-order chi connectivity index (χ0) is 32.1. The van der Waals surface area contributed by atoms with Gasteiger partial charge in [0.1, 0.15) is 0 Å². The Morgan fingerprint density at radius 1 is 0.513 bits per heavy atom. The van der Waals surface area contributed by atoms with Crippen LogP contribution in [0.5, 0.6) is 0 Å². The van der Waals surface area contributed by atoms with Gasteiger partial charge in [0, 0.05) is 13.1 Å². The van der Waals surface area contributed by atoms with Crippen LogP contribution in [-0.2, 0) is 10.0 Å². The number of halogens is 17. The molecule has 0 aliphatic rings. The van der Waals surface area contributed by atoms with Gasteiger partial charge in [0.05, 0.1) is 25.4 Å². The van der Waals surface area contributed by atoms with Gasteiger partial charge in [-0.1, -0.05) is 0 Å². The van der Waals surface area contributed by atoms with E-state index in [4.69, 9.17) is 20.4 Å². The van der Waals surface area contributed by atoms with Crippen LogP contribution in [0, 0.1) is 0 Å². The molecular weight excluding hydrogens is 633 g/mol. The maximum Gasteiger partial charge on any atom is 0.460 e. The minimum Gasteiger partial charge on any atom is -0.394 e. The summed E-state index contributed by atoms with van der Waals surface area (Å²) < 4.78 is 249. The minimum atomic E-state index is -9.01. The molecule has 25 heteroatoms. The standard InChI is InChI=1S/C14H14F17NO6S/c15-7(16,9(19,20)11(23,24)13(27,28)29)8(17,18)10(21,22)12(25,26)14(30,31)39(37,38)32(1-5(35)3-33)2-6(36)4-34/h5-6,33-36H,1-4H2. The van der Waals surface area contributed by atoms with Crippen molar-refractivity contribution < 1.29 is 103 Å². The van der Waals surface area contributed by atoms with E-state index < -0.39 is 99.8 Å². The second-order valence-electron chi connectivity index (χ2n) is 7.46. The highest BCUT2D eigenvalue weighted by atomic mass is 32.2. The highest BCUT2D eigenvalue weighted by Gasteiger charge is 2.96. The fourth-order valence-corrected chi connectivity index (χ4v) is 3.84. The van der Waals surface area contributed by atoms with E-state index in [0.717, 1.165) is 0 Å². The molecule has 0 aliphatic heterocycles. The molecule has 0 saturated carbocycles. The van der Waals surface area contributed by atoms with Gasteiger partial charge in [-0.3, -0.25) is 0 Å². The Morgan fingerprint density at radius 2 is 0.769 bits per heavy atom. The second kappa shape index (κ2) is 10.8. The van der Waals surface area contributed by atoms with Gasteiger partial charge in [-0.05, 0) is 0 Å². The lowest BCUT2D eigenvalue weighted by atomic mass is 9.91. The van der Waals surface area contributed by atoms with Crippen molar-refractivity contribution in [3.05, 3.63) is 0 Å². The van der Waals surface area contributed by atoms with E-state index in [1.165, 1.54) is 0 Å². The fourth-order valence-electron chi connectivity index (χ4n) is 2.33. The zero-order valence-corrected chi connectivity index (χ0v) is 18.7. The molecule has 2 unspecified atom stereocenters. The monoisotopic (exact) mass is 647 g/mol. The number of nitrogens with zero attached hydrogens (tertiary/aromatic N) is 1. The summed E-state index contributed by atoms with van der Waals surface area (Å²) in [6, 6.07) is 0. The number of alkyl halides is 17. The first kappa shape index (κ1) is 37.6. The molecule has 4 N–H and O–H groups in total. The van der Waals surface area contributed by atoms with Crippen molar-refractivity contribution in [2.45, 2.75) is 59.2 Å². The molecule has 0 aromatic carbocycles. The average molecular weight is 647 g/mol. The van der Waals surface area contributed by atoms with Crippen molar-refractivity contribution in [1.82, 2.24) is 4.31 Å². The first-order chi connectivity index (χ1) is 16.8. The highest BCUT2D eigenvalue weighted by Crippen LogP contribution is 2.64. The average Bonchev–Trinajstić information content (AvgIpc) is 2.76. The van der Waals surface area contributed by atoms with Gasteiger partial charge in [0.15, 0.2) is 0 Å². The molecule has 0 saturated heterocycles. The third-order valence-electron chi connectivity index (χ3n) is 4.61. The minimum absolute atomic E-state index is 1.39. The molecule has 0 aliphatic carbocycles. The summed E-state index contributed by atoms with van der Waals surface area (Å²) in [7, 11) is -7.81. The van der Waals surface area contributed by atoms with E-state index >= 15 is 0 Å². The molecule has 0 aromatic heterocycles. The van der Waals surface area contributed by atoms with Crippen LogP contribution in [0.15, 0.2) is 0 Å². The molecule has 0 amide bonds. The van der Waals surface area contributed by atoms with Crippen LogP contribution in [0.4, 0.5) is 74.6 Å². The highest BCUT2D eigenvalue weighted by molar-refractivity contribution is 7.90. The van der Waals surface area contributed by atoms with Gasteiger partial charge >= 0.3 is 47.0 Å². The van der Waals surface area contributed by atoms with Gasteiger partial charge in [0.2, 0.25) is 0 Å². The lowest BCUT2D eigenvalue weighted by molar-refractivity contribution is -0.458. The number of aliphatic hydroxyl groups excluding tert-OH is 4. The van der Waals surface area contributed by atoms with Gasteiger partial charge in [-0.25, -0.2) is 8.42 Å². The topological polar surface area (TPSA) is 118 Å². The zero-order valence-electron chi connectivity index (χ0n) is 17.9. The molecule has 7 nitrogen and oxygen atoms in total. The fraction of sp³-hybridized carbons (Fsp3) is 1.00. The lowest BCUT2D eigenvalue weighted by Crippen LogP contribution is -2.75. The Hall–Kier alpha value is -1.44. The van der Waals surface area contributed by atoms with E-state index in [-0.39, 0.29) is 0 Å². The second-order valence-corrected chi connectivity index (χ2v) is 9.43. The van der Waals surface area contributed by atoms with Crippen LogP contribution in [0.25, 0.3) is 0 Å². The molecular formula is C14H14F17NO6S. The largest absolute Gasteiger partial charge is 0.460 e. The molecule has 0 radical (unpaired) electrons. The van der Waals surface area contributed by atoms with Crippen LogP contribution in [-0.4, -0.2) is 119 Å². The molecule has 39 heavy (non-hydrogen) atoms.